The molecule has 0 radical (unpaired) electrons. The van der Waals surface area contributed by atoms with E-state index < -0.39 is 0 Å². The molecular weight excluding hydrogens is 230 g/mol. The van der Waals surface area contributed by atoms with Crippen LogP contribution in [0.1, 0.15) is 88.0 Å². The lowest BCUT2D eigenvalue weighted by molar-refractivity contribution is 0.185. The molecule has 0 aliphatic carbocycles. The zero-order valence-corrected chi connectivity index (χ0v) is 15.1. The first kappa shape index (κ1) is 19.0. The smallest absolute Gasteiger partial charge is 0.00965 e. The highest BCUT2D eigenvalue weighted by molar-refractivity contribution is 4.77. The minimum absolute atomic E-state index is 0.255. The highest BCUT2D eigenvalue weighted by Crippen LogP contribution is 2.37. The molecule has 1 nitrogen and oxygen atoms in total. The van der Waals surface area contributed by atoms with Crippen molar-refractivity contribution < 1.29 is 0 Å². The highest BCUT2D eigenvalue weighted by atomic mass is 14.9. The Kier molecular flexibility index (Phi) is 7.09. The average Bonchev–Trinajstić information content (AvgIpc) is 2.09. The molecule has 0 aromatic heterocycles. The maximum Gasteiger partial charge on any atom is 0.00965 e. The van der Waals surface area contributed by atoms with Crippen molar-refractivity contribution in [2.75, 3.05) is 6.54 Å². The summed E-state index contributed by atoms with van der Waals surface area (Å²) in [5.74, 6) is 0.828. The van der Waals surface area contributed by atoms with Gasteiger partial charge in [0.25, 0.3) is 0 Å². The van der Waals surface area contributed by atoms with E-state index in [4.69, 9.17) is 0 Å². The van der Waals surface area contributed by atoms with Crippen LogP contribution in [0.4, 0.5) is 0 Å². The van der Waals surface area contributed by atoms with Crippen LogP contribution in [0.25, 0.3) is 0 Å². The van der Waals surface area contributed by atoms with E-state index in [9.17, 15) is 0 Å². The van der Waals surface area contributed by atoms with Crippen LogP contribution in [0.2, 0.25) is 0 Å². The lowest BCUT2D eigenvalue weighted by Gasteiger charge is -2.33. The molecule has 116 valence electrons. The Bertz CT molecular complexity index is 239. The molecule has 0 amide bonds. The molecule has 0 aliphatic rings. The molecule has 19 heavy (non-hydrogen) atoms. The molecule has 0 aliphatic heterocycles. The Labute approximate surface area is 122 Å². The molecule has 1 N–H and O–H groups in total. The van der Waals surface area contributed by atoms with Crippen LogP contribution in [0.3, 0.4) is 0 Å². The van der Waals surface area contributed by atoms with Gasteiger partial charge in [-0.2, -0.15) is 0 Å². The van der Waals surface area contributed by atoms with E-state index in [1.165, 1.54) is 25.7 Å². The predicted molar refractivity (Wildman–Crippen MR) is 88.6 cm³/mol. The molecule has 0 saturated heterocycles. The molecule has 1 atom stereocenters. The van der Waals surface area contributed by atoms with Crippen molar-refractivity contribution in [1.29, 1.82) is 0 Å². The fourth-order valence-corrected chi connectivity index (χ4v) is 3.00. The fourth-order valence-electron chi connectivity index (χ4n) is 3.00. The van der Waals surface area contributed by atoms with Crippen molar-refractivity contribution in [3.05, 3.63) is 0 Å². The van der Waals surface area contributed by atoms with Gasteiger partial charge in [0.05, 0.1) is 0 Å². The van der Waals surface area contributed by atoms with E-state index in [0.29, 0.717) is 10.8 Å². The van der Waals surface area contributed by atoms with Crippen LogP contribution in [-0.4, -0.2) is 12.1 Å². The summed E-state index contributed by atoms with van der Waals surface area (Å²) in [6.07, 6.45) is 5.31. The zero-order chi connectivity index (χ0) is 15.3. The molecule has 0 fully saturated rings. The van der Waals surface area contributed by atoms with E-state index >= 15 is 0 Å². The van der Waals surface area contributed by atoms with Crippen LogP contribution >= 0.6 is 0 Å². The quantitative estimate of drug-likeness (QED) is 0.630. The first-order chi connectivity index (χ1) is 8.31. The minimum Gasteiger partial charge on any atom is -0.312 e. The molecule has 1 heteroatoms. The van der Waals surface area contributed by atoms with Crippen LogP contribution in [0, 0.1) is 16.7 Å². The van der Waals surface area contributed by atoms with Crippen molar-refractivity contribution in [1.82, 2.24) is 5.32 Å². The number of nitrogens with one attached hydrogen (secondary N) is 1. The average molecular weight is 270 g/mol. The van der Waals surface area contributed by atoms with Gasteiger partial charge in [-0.1, -0.05) is 48.0 Å². The van der Waals surface area contributed by atoms with Crippen LogP contribution in [0.5, 0.6) is 0 Å². The molecule has 0 bridgehead atoms. The molecule has 0 heterocycles. The van der Waals surface area contributed by atoms with E-state index in [1.54, 1.807) is 0 Å². The molecule has 0 aromatic rings. The largest absolute Gasteiger partial charge is 0.312 e. The maximum atomic E-state index is 3.59. The Morgan fingerprint density at radius 2 is 1.37 bits per heavy atom. The van der Waals surface area contributed by atoms with Crippen LogP contribution < -0.4 is 5.32 Å². The summed E-state index contributed by atoms with van der Waals surface area (Å²) >= 11 is 0. The topological polar surface area (TPSA) is 12.0 Å². The monoisotopic (exact) mass is 269 g/mol. The normalized spacial score (nSPS) is 15.6. The number of hydrogen-bond donors (Lipinski definition) is 1. The van der Waals surface area contributed by atoms with Gasteiger partial charge in [-0.15, -0.1) is 0 Å². The molecule has 1 unspecified atom stereocenters. The van der Waals surface area contributed by atoms with Gasteiger partial charge in [-0.05, 0) is 63.3 Å². The fraction of sp³-hybridized carbons (Fsp3) is 1.00. The zero-order valence-electron chi connectivity index (χ0n) is 15.1. The third-order valence-electron chi connectivity index (χ3n) is 3.62. The van der Waals surface area contributed by atoms with E-state index in [2.05, 4.69) is 67.6 Å². The molecule has 0 rings (SSSR count). The summed E-state index contributed by atoms with van der Waals surface area (Å²) in [4.78, 5) is 0. The maximum absolute atomic E-state index is 3.59. The molecular formula is C18H39N. The second-order valence-electron chi connectivity index (χ2n) is 9.51. The Balaban J connectivity index is 3.92. The number of hydrogen-bond acceptors (Lipinski definition) is 1. The summed E-state index contributed by atoms with van der Waals surface area (Å²) in [6.45, 7) is 22.2. The van der Waals surface area contributed by atoms with Gasteiger partial charge < -0.3 is 5.32 Å². The van der Waals surface area contributed by atoms with Crippen molar-refractivity contribution in [3.8, 4) is 0 Å². The Morgan fingerprint density at radius 1 is 0.842 bits per heavy atom. The van der Waals surface area contributed by atoms with Crippen molar-refractivity contribution in [3.63, 3.8) is 0 Å². The first-order valence-corrected chi connectivity index (χ1v) is 8.06. The minimum atomic E-state index is 0.255. The predicted octanol–water partition coefficient (Wildman–Crippen LogP) is 5.64. The third-order valence-corrected chi connectivity index (χ3v) is 3.62. The van der Waals surface area contributed by atoms with E-state index in [-0.39, 0.29) is 5.54 Å². The third kappa shape index (κ3) is 12.7. The van der Waals surface area contributed by atoms with Gasteiger partial charge in [-0.3, -0.25) is 0 Å². The molecule has 0 aromatic carbocycles. The second kappa shape index (κ2) is 7.11. The Morgan fingerprint density at radius 3 is 1.79 bits per heavy atom. The lowest BCUT2D eigenvalue weighted by Crippen LogP contribution is -2.36. The van der Waals surface area contributed by atoms with Crippen LogP contribution in [-0.2, 0) is 0 Å². The number of rotatable bonds is 7. The van der Waals surface area contributed by atoms with Crippen molar-refractivity contribution in [2.45, 2.75) is 93.5 Å². The summed E-state index contributed by atoms with van der Waals surface area (Å²) < 4.78 is 0. The summed E-state index contributed by atoms with van der Waals surface area (Å²) in [7, 11) is 0. The van der Waals surface area contributed by atoms with Crippen LogP contribution in [0.15, 0.2) is 0 Å². The summed E-state index contributed by atoms with van der Waals surface area (Å²) in [5.41, 5.74) is 1.18. The van der Waals surface area contributed by atoms with Crippen molar-refractivity contribution in [2.24, 2.45) is 16.7 Å². The van der Waals surface area contributed by atoms with Gasteiger partial charge in [0.1, 0.15) is 0 Å². The van der Waals surface area contributed by atoms with Gasteiger partial charge in [0, 0.05) is 5.54 Å². The van der Waals surface area contributed by atoms with Gasteiger partial charge in [0.2, 0.25) is 0 Å². The summed E-state index contributed by atoms with van der Waals surface area (Å²) in [6, 6.07) is 0. The first-order valence-electron chi connectivity index (χ1n) is 8.06. The Hall–Kier alpha value is -0.0400. The lowest BCUT2D eigenvalue weighted by atomic mass is 9.73. The highest BCUT2D eigenvalue weighted by Gasteiger charge is 2.25. The van der Waals surface area contributed by atoms with Gasteiger partial charge in [-0.25, -0.2) is 0 Å². The van der Waals surface area contributed by atoms with Gasteiger partial charge >= 0.3 is 0 Å². The molecule has 0 spiro atoms. The standard InChI is InChI=1S/C18H39N/c1-15(11-13-19-17(5,6)7)10-12-18(8,9)14-16(2,3)4/h15,19H,10-14H2,1-9H3. The van der Waals surface area contributed by atoms with Gasteiger partial charge in [0.15, 0.2) is 0 Å². The SMILES string of the molecule is CC(CCNC(C)(C)C)CCC(C)(C)CC(C)(C)C. The summed E-state index contributed by atoms with van der Waals surface area (Å²) in [5, 5.41) is 3.59. The molecule has 0 saturated carbocycles. The second-order valence-corrected chi connectivity index (χ2v) is 9.51. The van der Waals surface area contributed by atoms with Crippen molar-refractivity contribution >= 4 is 0 Å². The van der Waals surface area contributed by atoms with E-state index in [1.807, 2.05) is 0 Å². The van der Waals surface area contributed by atoms with E-state index in [0.717, 1.165) is 12.5 Å².